The normalized spacial score (nSPS) is 11.5. The van der Waals surface area contributed by atoms with E-state index in [1.807, 2.05) is 0 Å². The molecule has 3 rings (SSSR count). The number of carbonyl (C=O) groups is 1. The van der Waals surface area contributed by atoms with Gasteiger partial charge >= 0.3 is 5.97 Å². The Kier molecular flexibility index (Phi) is 2.78. The third kappa shape index (κ3) is 1.99. The molecule has 2 N–H and O–H groups in total. The first kappa shape index (κ1) is 12.2. The summed E-state index contributed by atoms with van der Waals surface area (Å²) in [6, 6.07) is 4.36. The van der Waals surface area contributed by atoms with Crippen molar-refractivity contribution < 1.29 is 14.3 Å². The largest absolute Gasteiger partial charge is 0.481 e. The Balaban J connectivity index is 2.16. The van der Waals surface area contributed by atoms with Crippen molar-refractivity contribution in [2.75, 3.05) is 0 Å². The molecule has 0 saturated heterocycles. The number of halogens is 2. The molecule has 0 saturated carbocycles. The molecule has 2 heterocycles. The van der Waals surface area contributed by atoms with Gasteiger partial charge in [0.2, 0.25) is 5.78 Å². The van der Waals surface area contributed by atoms with E-state index in [4.69, 9.17) is 5.11 Å². The van der Waals surface area contributed by atoms with E-state index in [0.717, 1.165) is 5.69 Å². The lowest BCUT2D eigenvalue weighted by Gasteiger charge is -1.97. The van der Waals surface area contributed by atoms with Crippen LogP contribution in [0.3, 0.4) is 0 Å². The summed E-state index contributed by atoms with van der Waals surface area (Å²) < 4.78 is 15.7. The van der Waals surface area contributed by atoms with Crippen LogP contribution < -0.4 is 0 Å². The third-order valence-corrected chi connectivity index (χ3v) is 3.75. The van der Waals surface area contributed by atoms with Crippen LogP contribution in [0.2, 0.25) is 0 Å². The Hall–Kier alpha value is -1.89. The summed E-state index contributed by atoms with van der Waals surface area (Å²) in [6.45, 7) is 0. The van der Waals surface area contributed by atoms with Gasteiger partial charge in [0.05, 0.1) is 17.5 Å². The highest BCUT2D eigenvalue weighted by molar-refractivity contribution is 9.10. The summed E-state index contributed by atoms with van der Waals surface area (Å²) in [5.41, 5.74) is 2.05. The topological polar surface area (TPSA) is 70.4 Å². The van der Waals surface area contributed by atoms with Gasteiger partial charge in [-0.15, -0.1) is 0 Å². The maximum Gasteiger partial charge on any atom is 0.303 e. The summed E-state index contributed by atoms with van der Waals surface area (Å²) in [5.74, 6) is -0.641. The van der Waals surface area contributed by atoms with Crippen LogP contribution in [0, 0.1) is 5.82 Å². The fourth-order valence-electron chi connectivity index (χ4n) is 2.05. The van der Waals surface area contributed by atoms with Crippen molar-refractivity contribution in [3.8, 4) is 0 Å². The molecule has 98 valence electrons. The summed E-state index contributed by atoms with van der Waals surface area (Å²) in [4.78, 5) is 18.0. The molecule has 0 aliphatic carbocycles. The number of nitrogens with zero attached hydrogens (tertiary/aromatic N) is 2. The number of benzene rings is 1. The Bertz CT molecular complexity index is 793. The standard InChI is InChI=1S/C12H9BrFN3O2/c13-11-8(3-4-10(18)19)16-12-15-7-2-1-6(14)5-9(7)17(11)12/h1-2,5H,3-4H2,(H,15,16)(H,18,19). The van der Waals surface area contributed by atoms with Crippen LogP contribution in [0.25, 0.3) is 16.8 Å². The van der Waals surface area contributed by atoms with Gasteiger partial charge in [0.15, 0.2) is 0 Å². The molecule has 1 aromatic carbocycles. The molecule has 0 aliphatic heterocycles. The Morgan fingerprint density at radius 1 is 1.53 bits per heavy atom. The number of fused-ring (bicyclic) bond motifs is 3. The Labute approximate surface area is 115 Å². The number of aliphatic carboxylic acids is 1. The van der Waals surface area contributed by atoms with Crippen molar-refractivity contribution in [1.29, 1.82) is 0 Å². The SMILES string of the molecule is O=C(O)CCc1[nH]c2nc3ccc(F)cc3n2c1Br. The number of carboxylic acids is 1. The fraction of sp³-hybridized carbons (Fsp3) is 0.167. The van der Waals surface area contributed by atoms with Gasteiger partial charge in [0, 0.05) is 18.2 Å². The number of imidazole rings is 2. The highest BCUT2D eigenvalue weighted by Crippen LogP contribution is 2.26. The molecule has 0 unspecified atom stereocenters. The molecule has 7 heteroatoms. The molecule has 0 spiro atoms. The monoisotopic (exact) mass is 325 g/mol. The first-order valence-electron chi connectivity index (χ1n) is 5.62. The second-order valence-corrected chi connectivity index (χ2v) is 4.94. The molecule has 0 bridgehead atoms. The van der Waals surface area contributed by atoms with Gasteiger partial charge in [-0.1, -0.05) is 0 Å². The number of aryl methyl sites for hydroxylation is 1. The number of aromatic nitrogens is 3. The van der Waals surface area contributed by atoms with Gasteiger partial charge in [-0.05, 0) is 28.1 Å². The lowest BCUT2D eigenvalue weighted by Crippen LogP contribution is -1.98. The summed E-state index contributed by atoms with van der Waals surface area (Å²) >= 11 is 3.40. The maximum absolute atomic E-state index is 13.3. The summed E-state index contributed by atoms with van der Waals surface area (Å²) in [5, 5.41) is 8.70. The van der Waals surface area contributed by atoms with E-state index in [-0.39, 0.29) is 12.2 Å². The number of hydrogen-bond acceptors (Lipinski definition) is 2. The van der Waals surface area contributed by atoms with Crippen LogP contribution in [0.1, 0.15) is 12.1 Å². The van der Waals surface area contributed by atoms with Gasteiger partial charge in [-0.25, -0.2) is 9.37 Å². The average molecular weight is 326 g/mol. The van der Waals surface area contributed by atoms with Crippen LogP contribution in [-0.4, -0.2) is 25.4 Å². The quantitative estimate of drug-likeness (QED) is 0.777. The van der Waals surface area contributed by atoms with Crippen LogP contribution >= 0.6 is 15.9 Å². The zero-order valence-corrected chi connectivity index (χ0v) is 11.2. The van der Waals surface area contributed by atoms with Crippen LogP contribution in [-0.2, 0) is 11.2 Å². The van der Waals surface area contributed by atoms with Gasteiger partial charge in [-0.3, -0.25) is 9.20 Å². The predicted molar refractivity (Wildman–Crippen MR) is 70.7 cm³/mol. The first-order valence-corrected chi connectivity index (χ1v) is 6.41. The van der Waals surface area contributed by atoms with Gasteiger partial charge in [0.25, 0.3) is 0 Å². The number of rotatable bonds is 3. The number of hydrogen-bond donors (Lipinski definition) is 2. The molecule has 2 aromatic heterocycles. The molecule has 0 amide bonds. The molecule has 3 aromatic rings. The first-order chi connectivity index (χ1) is 9.06. The second kappa shape index (κ2) is 4.34. The second-order valence-electron chi connectivity index (χ2n) is 4.19. The highest BCUT2D eigenvalue weighted by atomic mass is 79.9. The summed E-state index contributed by atoms with van der Waals surface area (Å²) in [7, 11) is 0. The van der Waals surface area contributed by atoms with E-state index < -0.39 is 5.97 Å². The van der Waals surface area contributed by atoms with E-state index in [1.165, 1.54) is 12.1 Å². The van der Waals surface area contributed by atoms with E-state index >= 15 is 0 Å². The third-order valence-electron chi connectivity index (χ3n) is 2.91. The molecule has 0 fully saturated rings. The zero-order chi connectivity index (χ0) is 13.6. The minimum atomic E-state index is -0.866. The molecule has 0 atom stereocenters. The van der Waals surface area contributed by atoms with E-state index in [9.17, 15) is 9.18 Å². The molecular weight excluding hydrogens is 317 g/mol. The molecule has 0 radical (unpaired) electrons. The van der Waals surface area contributed by atoms with Gasteiger partial charge < -0.3 is 10.1 Å². The zero-order valence-electron chi connectivity index (χ0n) is 9.65. The van der Waals surface area contributed by atoms with Crippen molar-refractivity contribution in [2.45, 2.75) is 12.8 Å². The molecule has 0 aliphatic rings. The van der Waals surface area contributed by atoms with Crippen molar-refractivity contribution in [1.82, 2.24) is 14.4 Å². The number of carboxylic acid groups (broad SMARTS) is 1. The number of nitrogens with one attached hydrogen (secondary N) is 1. The fourth-order valence-corrected chi connectivity index (χ4v) is 2.71. The van der Waals surface area contributed by atoms with E-state index in [1.54, 1.807) is 10.5 Å². The van der Waals surface area contributed by atoms with Gasteiger partial charge in [0.1, 0.15) is 10.4 Å². The van der Waals surface area contributed by atoms with Gasteiger partial charge in [-0.2, -0.15) is 0 Å². The maximum atomic E-state index is 13.3. The van der Waals surface area contributed by atoms with Crippen LogP contribution in [0.5, 0.6) is 0 Å². The van der Waals surface area contributed by atoms with Crippen molar-refractivity contribution in [3.05, 3.63) is 34.3 Å². The lowest BCUT2D eigenvalue weighted by atomic mass is 10.2. The van der Waals surface area contributed by atoms with Crippen LogP contribution in [0.15, 0.2) is 22.8 Å². The van der Waals surface area contributed by atoms with Crippen molar-refractivity contribution in [2.24, 2.45) is 0 Å². The summed E-state index contributed by atoms with van der Waals surface area (Å²) in [6.07, 6.45) is 0.380. The van der Waals surface area contributed by atoms with E-state index in [2.05, 4.69) is 25.9 Å². The Morgan fingerprint density at radius 3 is 3.05 bits per heavy atom. The van der Waals surface area contributed by atoms with E-state index in [0.29, 0.717) is 27.8 Å². The Morgan fingerprint density at radius 2 is 2.32 bits per heavy atom. The molecule has 5 nitrogen and oxygen atoms in total. The minimum absolute atomic E-state index is 0.0224. The highest BCUT2D eigenvalue weighted by Gasteiger charge is 2.15. The average Bonchev–Trinajstić information content (AvgIpc) is 2.84. The predicted octanol–water partition coefficient (Wildman–Crippen LogP) is 2.73. The number of H-pyrrole nitrogens is 1. The van der Waals surface area contributed by atoms with Crippen LogP contribution in [0.4, 0.5) is 4.39 Å². The smallest absolute Gasteiger partial charge is 0.303 e. The van der Waals surface area contributed by atoms with Crippen molar-refractivity contribution >= 4 is 38.7 Å². The lowest BCUT2D eigenvalue weighted by molar-refractivity contribution is -0.136. The van der Waals surface area contributed by atoms with Crippen molar-refractivity contribution in [3.63, 3.8) is 0 Å². The molecular formula is C12H9BrFN3O2. The molecule has 19 heavy (non-hydrogen) atoms. The number of aromatic amines is 1. The minimum Gasteiger partial charge on any atom is -0.481 e.